The fourth-order valence-electron chi connectivity index (χ4n) is 3.01. The monoisotopic (exact) mass is 350 g/mol. The Morgan fingerprint density at radius 2 is 1.83 bits per heavy atom. The van der Waals surface area contributed by atoms with Gasteiger partial charge in [-0.2, -0.15) is 0 Å². The standard InChI is InChI=1S/C17H22N2O4S/c1-2-24(22,23)14-9-7-13(8-10-14)18-16(20)15-4-3-11-19(15)17(21)12-5-6-12/h7-10,12,15H,2-6,11H2,1H3,(H,18,20). The van der Waals surface area contributed by atoms with Crippen LogP contribution in [-0.2, 0) is 19.4 Å². The summed E-state index contributed by atoms with van der Waals surface area (Å²) >= 11 is 0. The van der Waals surface area contributed by atoms with Crippen LogP contribution in [0.5, 0.6) is 0 Å². The van der Waals surface area contributed by atoms with E-state index in [1.807, 2.05) is 0 Å². The van der Waals surface area contributed by atoms with E-state index >= 15 is 0 Å². The smallest absolute Gasteiger partial charge is 0.247 e. The molecule has 2 fully saturated rings. The third kappa shape index (κ3) is 3.45. The van der Waals surface area contributed by atoms with E-state index in [0.717, 1.165) is 19.3 Å². The molecule has 1 aliphatic carbocycles. The Morgan fingerprint density at radius 1 is 1.17 bits per heavy atom. The van der Waals surface area contributed by atoms with E-state index in [-0.39, 0.29) is 28.4 Å². The van der Waals surface area contributed by atoms with Gasteiger partial charge in [0.05, 0.1) is 10.6 Å². The minimum absolute atomic E-state index is 0.0407. The first kappa shape index (κ1) is 17.0. The van der Waals surface area contributed by atoms with Crippen LogP contribution in [0.3, 0.4) is 0 Å². The summed E-state index contributed by atoms with van der Waals surface area (Å²) in [6, 6.07) is 5.74. The van der Waals surface area contributed by atoms with Crippen molar-refractivity contribution in [2.75, 3.05) is 17.6 Å². The Kier molecular flexibility index (Phi) is 4.62. The lowest BCUT2D eigenvalue weighted by Crippen LogP contribution is -2.43. The number of likely N-dealkylation sites (tertiary alicyclic amines) is 1. The maximum Gasteiger partial charge on any atom is 0.247 e. The van der Waals surface area contributed by atoms with Crippen molar-refractivity contribution in [1.29, 1.82) is 0 Å². The van der Waals surface area contributed by atoms with E-state index in [0.29, 0.717) is 18.7 Å². The summed E-state index contributed by atoms with van der Waals surface area (Å²) in [7, 11) is -3.25. The molecule has 1 unspecified atom stereocenters. The summed E-state index contributed by atoms with van der Waals surface area (Å²) in [5.74, 6) is 0.0421. The van der Waals surface area contributed by atoms with E-state index in [4.69, 9.17) is 0 Å². The van der Waals surface area contributed by atoms with Crippen LogP contribution in [0.1, 0.15) is 32.6 Å². The van der Waals surface area contributed by atoms with Crippen molar-refractivity contribution in [2.24, 2.45) is 5.92 Å². The molecule has 24 heavy (non-hydrogen) atoms. The predicted octanol–water partition coefficient (Wildman–Crippen LogP) is 1.82. The first-order chi connectivity index (χ1) is 11.4. The van der Waals surface area contributed by atoms with Crippen molar-refractivity contribution in [2.45, 2.75) is 43.5 Å². The minimum atomic E-state index is -3.25. The second kappa shape index (κ2) is 6.55. The van der Waals surface area contributed by atoms with Gasteiger partial charge in [0.25, 0.3) is 0 Å². The van der Waals surface area contributed by atoms with Crippen LogP contribution in [0.4, 0.5) is 5.69 Å². The summed E-state index contributed by atoms with van der Waals surface area (Å²) < 4.78 is 23.6. The largest absolute Gasteiger partial charge is 0.330 e. The zero-order chi connectivity index (χ0) is 17.3. The average molecular weight is 350 g/mol. The third-order valence-electron chi connectivity index (χ3n) is 4.63. The van der Waals surface area contributed by atoms with E-state index in [1.165, 1.54) is 12.1 Å². The Bertz CT molecular complexity index is 738. The zero-order valence-corrected chi connectivity index (χ0v) is 14.5. The minimum Gasteiger partial charge on any atom is -0.330 e. The van der Waals surface area contributed by atoms with Crippen molar-refractivity contribution in [3.63, 3.8) is 0 Å². The molecule has 3 rings (SSSR count). The van der Waals surface area contributed by atoms with Gasteiger partial charge >= 0.3 is 0 Å². The van der Waals surface area contributed by atoms with E-state index in [9.17, 15) is 18.0 Å². The van der Waals surface area contributed by atoms with Gasteiger partial charge in [0.1, 0.15) is 6.04 Å². The molecular formula is C17H22N2O4S. The van der Waals surface area contributed by atoms with Gasteiger partial charge in [0.15, 0.2) is 9.84 Å². The molecule has 130 valence electrons. The molecular weight excluding hydrogens is 328 g/mol. The van der Waals surface area contributed by atoms with Crippen LogP contribution in [0.15, 0.2) is 29.2 Å². The van der Waals surface area contributed by atoms with Gasteiger partial charge in [-0.05, 0) is 49.9 Å². The second-order valence-corrected chi connectivity index (χ2v) is 8.66. The summed E-state index contributed by atoms with van der Waals surface area (Å²) in [5, 5.41) is 2.80. The molecule has 0 spiro atoms. The second-order valence-electron chi connectivity index (χ2n) is 6.38. The number of anilines is 1. The van der Waals surface area contributed by atoms with Crippen molar-refractivity contribution >= 4 is 27.3 Å². The molecule has 7 heteroatoms. The molecule has 1 N–H and O–H groups in total. The van der Waals surface area contributed by atoms with Crippen molar-refractivity contribution in [3.05, 3.63) is 24.3 Å². The van der Waals surface area contributed by atoms with Gasteiger partial charge in [-0.15, -0.1) is 0 Å². The molecule has 2 amide bonds. The fourth-order valence-corrected chi connectivity index (χ4v) is 3.89. The Balaban J connectivity index is 1.67. The number of carbonyl (C=O) groups excluding carboxylic acids is 2. The van der Waals surface area contributed by atoms with Gasteiger partial charge in [0.2, 0.25) is 11.8 Å². The highest BCUT2D eigenvalue weighted by Crippen LogP contribution is 2.33. The van der Waals surface area contributed by atoms with Gasteiger partial charge in [-0.1, -0.05) is 6.92 Å². The molecule has 0 bridgehead atoms. The van der Waals surface area contributed by atoms with Crippen LogP contribution in [-0.4, -0.2) is 43.5 Å². The van der Waals surface area contributed by atoms with Gasteiger partial charge < -0.3 is 10.2 Å². The Morgan fingerprint density at radius 3 is 2.42 bits per heavy atom. The third-order valence-corrected chi connectivity index (χ3v) is 6.38. The average Bonchev–Trinajstić information content (AvgIpc) is 3.31. The van der Waals surface area contributed by atoms with Gasteiger partial charge in [-0.25, -0.2) is 8.42 Å². The number of rotatable bonds is 5. The van der Waals surface area contributed by atoms with E-state index in [1.54, 1.807) is 24.0 Å². The summed E-state index contributed by atoms with van der Waals surface area (Å²) in [6.45, 7) is 2.23. The van der Waals surface area contributed by atoms with Crippen molar-refractivity contribution in [3.8, 4) is 0 Å². The number of amides is 2. The van der Waals surface area contributed by atoms with Crippen LogP contribution in [0.25, 0.3) is 0 Å². The topological polar surface area (TPSA) is 83.6 Å². The SMILES string of the molecule is CCS(=O)(=O)c1ccc(NC(=O)C2CCCN2C(=O)C2CC2)cc1. The maximum atomic E-state index is 12.5. The van der Waals surface area contributed by atoms with Gasteiger partial charge in [-0.3, -0.25) is 9.59 Å². The number of nitrogens with zero attached hydrogens (tertiary/aromatic N) is 1. The maximum absolute atomic E-state index is 12.5. The molecule has 1 atom stereocenters. The molecule has 1 saturated heterocycles. The van der Waals surface area contributed by atoms with E-state index < -0.39 is 15.9 Å². The summed E-state index contributed by atoms with van der Waals surface area (Å²) in [6.07, 6.45) is 3.37. The fraction of sp³-hybridized carbons (Fsp3) is 0.529. The van der Waals surface area contributed by atoms with E-state index in [2.05, 4.69) is 5.32 Å². The highest BCUT2D eigenvalue weighted by Gasteiger charge is 2.40. The Labute approximate surface area is 142 Å². The molecule has 1 aromatic carbocycles. The lowest BCUT2D eigenvalue weighted by Gasteiger charge is -2.24. The van der Waals surface area contributed by atoms with Crippen LogP contribution in [0.2, 0.25) is 0 Å². The summed E-state index contributed by atoms with van der Waals surface area (Å²) in [4.78, 5) is 26.7. The number of sulfone groups is 1. The molecule has 1 heterocycles. The number of nitrogens with one attached hydrogen (secondary N) is 1. The van der Waals surface area contributed by atoms with Crippen LogP contribution in [0, 0.1) is 5.92 Å². The molecule has 1 aliphatic heterocycles. The molecule has 0 aromatic heterocycles. The van der Waals surface area contributed by atoms with Crippen molar-refractivity contribution in [1.82, 2.24) is 4.90 Å². The predicted molar refractivity (Wildman–Crippen MR) is 90.3 cm³/mol. The number of hydrogen-bond donors (Lipinski definition) is 1. The molecule has 1 saturated carbocycles. The quantitative estimate of drug-likeness (QED) is 0.878. The summed E-state index contributed by atoms with van der Waals surface area (Å²) in [5.41, 5.74) is 0.542. The first-order valence-electron chi connectivity index (χ1n) is 8.36. The van der Waals surface area contributed by atoms with Crippen LogP contribution >= 0.6 is 0 Å². The number of benzene rings is 1. The molecule has 0 radical (unpaired) electrons. The zero-order valence-electron chi connectivity index (χ0n) is 13.7. The number of hydrogen-bond acceptors (Lipinski definition) is 4. The molecule has 6 nitrogen and oxygen atoms in total. The van der Waals surface area contributed by atoms with Gasteiger partial charge in [0, 0.05) is 18.2 Å². The normalized spacial score (nSPS) is 20.9. The number of carbonyl (C=O) groups is 2. The first-order valence-corrected chi connectivity index (χ1v) is 10.0. The lowest BCUT2D eigenvalue weighted by molar-refractivity contribution is -0.137. The Hall–Kier alpha value is -1.89. The highest BCUT2D eigenvalue weighted by atomic mass is 32.2. The van der Waals surface area contributed by atoms with Crippen molar-refractivity contribution < 1.29 is 18.0 Å². The highest BCUT2D eigenvalue weighted by molar-refractivity contribution is 7.91. The lowest BCUT2D eigenvalue weighted by atomic mass is 10.2. The molecule has 2 aliphatic rings. The molecule has 1 aromatic rings. The van der Waals surface area contributed by atoms with Crippen LogP contribution < -0.4 is 5.32 Å².